The van der Waals surface area contributed by atoms with Gasteiger partial charge in [-0.15, -0.1) is 12.4 Å². The van der Waals surface area contributed by atoms with E-state index in [0.29, 0.717) is 6.54 Å². The topological polar surface area (TPSA) is 30.9 Å². The Morgan fingerprint density at radius 2 is 2.00 bits per heavy atom. The van der Waals surface area contributed by atoms with Gasteiger partial charge in [0.25, 0.3) is 0 Å². The molecule has 1 aromatic heterocycles. The Kier molecular flexibility index (Phi) is 2.96. The zero-order valence-electron chi connectivity index (χ0n) is 7.53. The Morgan fingerprint density at radius 1 is 1.31 bits per heavy atom. The van der Waals surface area contributed by atoms with Gasteiger partial charge in [0.15, 0.2) is 0 Å². The third-order valence-electron chi connectivity index (χ3n) is 2.20. The molecule has 1 heterocycles. The SMILES string of the molecule is Cl.Cn1cc(CN)c2ccccc21. The molecule has 0 saturated carbocycles. The van der Waals surface area contributed by atoms with Gasteiger partial charge in [-0.2, -0.15) is 0 Å². The summed E-state index contributed by atoms with van der Waals surface area (Å²) < 4.78 is 2.11. The highest BCUT2D eigenvalue weighted by molar-refractivity contribution is 5.85. The van der Waals surface area contributed by atoms with E-state index in [1.807, 2.05) is 19.2 Å². The van der Waals surface area contributed by atoms with Gasteiger partial charge in [-0.05, 0) is 11.6 Å². The average molecular weight is 197 g/mol. The van der Waals surface area contributed by atoms with Crippen LogP contribution in [0.4, 0.5) is 0 Å². The van der Waals surface area contributed by atoms with Crippen molar-refractivity contribution >= 4 is 23.3 Å². The number of benzene rings is 1. The highest BCUT2D eigenvalue weighted by Gasteiger charge is 2.02. The Morgan fingerprint density at radius 3 is 2.69 bits per heavy atom. The normalized spacial score (nSPS) is 10.0. The first-order valence-corrected chi connectivity index (χ1v) is 4.06. The fraction of sp³-hybridized carbons (Fsp3) is 0.200. The molecule has 70 valence electrons. The maximum atomic E-state index is 5.62. The lowest BCUT2D eigenvalue weighted by atomic mass is 10.2. The van der Waals surface area contributed by atoms with E-state index in [0.717, 1.165) is 0 Å². The van der Waals surface area contributed by atoms with Gasteiger partial charge in [0.2, 0.25) is 0 Å². The van der Waals surface area contributed by atoms with Gasteiger partial charge in [0, 0.05) is 30.7 Å². The maximum Gasteiger partial charge on any atom is 0.0481 e. The molecule has 0 fully saturated rings. The molecular formula is C10H13ClN2. The number of hydrogen-bond donors (Lipinski definition) is 1. The molecule has 2 rings (SSSR count). The standard InChI is InChI=1S/C10H12N2.ClH/c1-12-7-8(6-11)9-4-2-3-5-10(9)12;/h2-5,7H,6,11H2,1H3;1H. The maximum absolute atomic E-state index is 5.62. The van der Waals surface area contributed by atoms with Gasteiger partial charge in [0.1, 0.15) is 0 Å². The number of nitrogens with two attached hydrogens (primary N) is 1. The summed E-state index contributed by atoms with van der Waals surface area (Å²) in [5.74, 6) is 0. The Bertz CT molecular complexity index is 406. The number of halogens is 1. The van der Waals surface area contributed by atoms with Crippen molar-refractivity contribution in [1.82, 2.24) is 4.57 Å². The summed E-state index contributed by atoms with van der Waals surface area (Å²) >= 11 is 0. The molecule has 0 radical (unpaired) electrons. The number of aryl methyl sites for hydroxylation is 1. The van der Waals surface area contributed by atoms with Crippen molar-refractivity contribution < 1.29 is 0 Å². The van der Waals surface area contributed by atoms with E-state index in [4.69, 9.17) is 5.73 Å². The van der Waals surface area contributed by atoms with Crippen LogP contribution in [-0.2, 0) is 13.6 Å². The van der Waals surface area contributed by atoms with E-state index >= 15 is 0 Å². The van der Waals surface area contributed by atoms with E-state index in [-0.39, 0.29) is 12.4 Å². The molecule has 0 aliphatic carbocycles. The lowest BCUT2D eigenvalue weighted by Gasteiger charge is -1.93. The summed E-state index contributed by atoms with van der Waals surface area (Å²) in [6.07, 6.45) is 2.09. The Labute approximate surface area is 83.8 Å². The molecule has 13 heavy (non-hydrogen) atoms. The van der Waals surface area contributed by atoms with Crippen molar-refractivity contribution in [3.05, 3.63) is 36.0 Å². The predicted octanol–water partition coefficient (Wildman–Crippen LogP) is 2.06. The first-order valence-electron chi connectivity index (χ1n) is 4.06. The van der Waals surface area contributed by atoms with Crippen LogP contribution in [-0.4, -0.2) is 4.57 Å². The van der Waals surface area contributed by atoms with E-state index < -0.39 is 0 Å². The van der Waals surface area contributed by atoms with Crippen LogP contribution in [0.1, 0.15) is 5.56 Å². The van der Waals surface area contributed by atoms with Crippen molar-refractivity contribution in [1.29, 1.82) is 0 Å². The molecule has 0 unspecified atom stereocenters. The molecule has 2 nitrogen and oxygen atoms in total. The number of fused-ring (bicyclic) bond motifs is 1. The molecular weight excluding hydrogens is 184 g/mol. The zero-order valence-corrected chi connectivity index (χ0v) is 8.34. The van der Waals surface area contributed by atoms with Gasteiger partial charge in [-0.1, -0.05) is 18.2 Å². The van der Waals surface area contributed by atoms with E-state index in [9.17, 15) is 0 Å². The van der Waals surface area contributed by atoms with E-state index in [1.54, 1.807) is 0 Å². The fourth-order valence-electron chi connectivity index (χ4n) is 1.59. The van der Waals surface area contributed by atoms with Crippen molar-refractivity contribution in [3.8, 4) is 0 Å². The largest absolute Gasteiger partial charge is 0.350 e. The van der Waals surface area contributed by atoms with Crippen LogP contribution in [0, 0.1) is 0 Å². The van der Waals surface area contributed by atoms with Crippen LogP contribution in [0.25, 0.3) is 10.9 Å². The van der Waals surface area contributed by atoms with Crippen LogP contribution in [0.3, 0.4) is 0 Å². The summed E-state index contributed by atoms with van der Waals surface area (Å²) in [6.45, 7) is 0.612. The summed E-state index contributed by atoms with van der Waals surface area (Å²) in [6, 6.07) is 8.30. The number of rotatable bonds is 1. The van der Waals surface area contributed by atoms with Gasteiger partial charge >= 0.3 is 0 Å². The second kappa shape index (κ2) is 3.81. The molecule has 0 amide bonds. The molecule has 0 aliphatic heterocycles. The highest BCUT2D eigenvalue weighted by Crippen LogP contribution is 2.19. The lowest BCUT2D eigenvalue weighted by Crippen LogP contribution is -1.94. The van der Waals surface area contributed by atoms with Crippen LogP contribution in [0.2, 0.25) is 0 Å². The minimum Gasteiger partial charge on any atom is -0.350 e. The fourth-order valence-corrected chi connectivity index (χ4v) is 1.59. The molecule has 3 heteroatoms. The van der Waals surface area contributed by atoms with Crippen molar-refractivity contribution in [2.45, 2.75) is 6.54 Å². The van der Waals surface area contributed by atoms with Crippen LogP contribution in [0.15, 0.2) is 30.5 Å². The molecule has 0 bridgehead atoms. The second-order valence-electron chi connectivity index (χ2n) is 2.99. The second-order valence-corrected chi connectivity index (χ2v) is 2.99. The summed E-state index contributed by atoms with van der Waals surface area (Å²) in [4.78, 5) is 0. The quantitative estimate of drug-likeness (QED) is 0.744. The lowest BCUT2D eigenvalue weighted by molar-refractivity contribution is 0.949. The van der Waals surface area contributed by atoms with Crippen molar-refractivity contribution in [3.63, 3.8) is 0 Å². The summed E-state index contributed by atoms with van der Waals surface area (Å²) in [5, 5.41) is 1.27. The number of aromatic nitrogens is 1. The van der Waals surface area contributed by atoms with Crippen molar-refractivity contribution in [2.75, 3.05) is 0 Å². The molecule has 1 aromatic carbocycles. The number of para-hydroxylation sites is 1. The predicted molar refractivity (Wildman–Crippen MR) is 58.1 cm³/mol. The summed E-state index contributed by atoms with van der Waals surface area (Å²) in [5.41, 5.74) is 8.08. The number of hydrogen-bond acceptors (Lipinski definition) is 1. The van der Waals surface area contributed by atoms with Crippen LogP contribution >= 0.6 is 12.4 Å². The molecule has 0 saturated heterocycles. The first-order chi connectivity index (χ1) is 5.83. The molecule has 0 aliphatic rings. The molecule has 2 N–H and O–H groups in total. The molecule has 0 atom stereocenters. The third kappa shape index (κ3) is 1.55. The molecule has 2 aromatic rings. The smallest absolute Gasteiger partial charge is 0.0481 e. The number of nitrogens with zero attached hydrogens (tertiary/aromatic N) is 1. The van der Waals surface area contributed by atoms with E-state index in [2.05, 4.69) is 22.9 Å². The third-order valence-corrected chi connectivity index (χ3v) is 2.20. The van der Waals surface area contributed by atoms with Gasteiger partial charge in [-0.25, -0.2) is 0 Å². The minimum absolute atomic E-state index is 0. The van der Waals surface area contributed by atoms with Gasteiger partial charge in [0.05, 0.1) is 0 Å². The van der Waals surface area contributed by atoms with E-state index in [1.165, 1.54) is 16.5 Å². The van der Waals surface area contributed by atoms with Gasteiger partial charge < -0.3 is 10.3 Å². The Hall–Kier alpha value is -0.990. The zero-order chi connectivity index (χ0) is 8.55. The van der Waals surface area contributed by atoms with Crippen LogP contribution < -0.4 is 5.73 Å². The molecule has 0 spiro atoms. The van der Waals surface area contributed by atoms with Gasteiger partial charge in [-0.3, -0.25) is 0 Å². The Balaban J connectivity index is 0.000000845. The first kappa shape index (κ1) is 10.1. The van der Waals surface area contributed by atoms with Crippen molar-refractivity contribution in [2.24, 2.45) is 12.8 Å². The monoisotopic (exact) mass is 196 g/mol. The van der Waals surface area contributed by atoms with Crippen LogP contribution in [0.5, 0.6) is 0 Å². The average Bonchev–Trinajstić information content (AvgIpc) is 2.44. The highest BCUT2D eigenvalue weighted by atomic mass is 35.5. The minimum atomic E-state index is 0. The summed E-state index contributed by atoms with van der Waals surface area (Å²) in [7, 11) is 2.04.